The number of hydrogen-bond acceptors (Lipinski definition) is 3. The molecule has 4 nitrogen and oxygen atoms in total. The molecule has 0 saturated carbocycles. The molecule has 2 aromatic carbocycles. The van der Waals surface area contributed by atoms with Gasteiger partial charge in [0, 0.05) is 40.6 Å². The number of rotatable bonds is 3. The minimum atomic E-state index is -0.431. The van der Waals surface area contributed by atoms with Gasteiger partial charge in [-0.25, -0.2) is 0 Å². The molecular weight excluding hydrogens is 287 g/mol. The van der Waals surface area contributed by atoms with Crippen LogP contribution in [-0.2, 0) is 0 Å². The van der Waals surface area contributed by atoms with Crippen molar-refractivity contribution >= 4 is 40.3 Å². The number of anilines is 2. The lowest BCUT2D eigenvalue weighted by Crippen LogP contribution is -2.09. The van der Waals surface area contributed by atoms with Crippen molar-refractivity contribution in [1.82, 2.24) is 0 Å². The van der Waals surface area contributed by atoms with Gasteiger partial charge in [0.05, 0.1) is 4.92 Å². The fourth-order valence-corrected chi connectivity index (χ4v) is 2.19. The molecule has 0 aromatic heterocycles. The highest BCUT2D eigenvalue weighted by Gasteiger charge is 2.09. The molecule has 0 aliphatic carbocycles. The fraction of sp³-hybridized carbons (Fsp3) is 0.0769. The topological polar surface area (TPSA) is 46.4 Å². The van der Waals surface area contributed by atoms with Crippen molar-refractivity contribution in [1.29, 1.82) is 0 Å². The number of nitro benzene ring substituents is 1. The summed E-state index contributed by atoms with van der Waals surface area (Å²) in [6, 6.07) is 11.5. The largest absolute Gasteiger partial charge is 0.345 e. The van der Waals surface area contributed by atoms with E-state index in [0.717, 1.165) is 11.4 Å². The van der Waals surface area contributed by atoms with Crippen molar-refractivity contribution in [2.75, 3.05) is 11.9 Å². The molecule has 0 saturated heterocycles. The third kappa shape index (κ3) is 3.16. The van der Waals surface area contributed by atoms with Crippen LogP contribution in [0.3, 0.4) is 0 Å². The Morgan fingerprint density at radius 1 is 1.00 bits per heavy atom. The summed E-state index contributed by atoms with van der Waals surface area (Å²) in [5.41, 5.74) is 1.68. The molecule has 19 heavy (non-hydrogen) atoms. The van der Waals surface area contributed by atoms with Gasteiger partial charge in [-0.2, -0.15) is 0 Å². The second-order valence-corrected chi connectivity index (χ2v) is 4.83. The predicted molar refractivity (Wildman–Crippen MR) is 77.6 cm³/mol. The summed E-state index contributed by atoms with van der Waals surface area (Å²) in [5.74, 6) is 0. The fourth-order valence-electron chi connectivity index (χ4n) is 1.68. The summed E-state index contributed by atoms with van der Waals surface area (Å²) in [7, 11) is 1.84. The van der Waals surface area contributed by atoms with Gasteiger partial charge >= 0.3 is 0 Å². The summed E-state index contributed by atoms with van der Waals surface area (Å²) in [4.78, 5) is 12.0. The molecule has 6 heteroatoms. The van der Waals surface area contributed by atoms with E-state index in [-0.39, 0.29) is 5.69 Å². The normalized spacial score (nSPS) is 10.3. The SMILES string of the molecule is CN(c1ccc([N+](=O)[O-])cc1)c1cc(Cl)cc(Cl)c1. The molecule has 0 atom stereocenters. The number of nitro groups is 1. The molecule has 0 radical (unpaired) electrons. The smallest absolute Gasteiger partial charge is 0.269 e. The van der Waals surface area contributed by atoms with Gasteiger partial charge in [0.1, 0.15) is 0 Å². The van der Waals surface area contributed by atoms with Gasteiger partial charge in [0.2, 0.25) is 0 Å². The van der Waals surface area contributed by atoms with Crippen LogP contribution in [0.5, 0.6) is 0 Å². The zero-order valence-corrected chi connectivity index (χ0v) is 11.5. The van der Waals surface area contributed by atoms with Gasteiger partial charge < -0.3 is 4.90 Å². The monoisotopic (exact) mass is 296 g/mol. The first-order chi connectivity index (χ1) is 8.97. The summed E-state index contributed by atoms with van der Waals surface area (Å²) >= 11 is 11.9. The average Bonchev–Trinajstić information content (AvgIpc) is 2.37. The second kappa shape index (κ2) is 5.47. The summed E-state index contributed by atoms with van der Waals surface area (Å²) in [6.07, 6.45) is 0. The van der Waals surface area contributed by atoms with Crippen molar-refractivity contribution in [3.8, 4) is 0 Å². The number of halogens is 2. The molecule has 0 bridgehead atoms. The third-order valence-electron chi connectivity index (χ3n) is 2.68. The predicted octanol–water partition coefficient (Wildman–Crippen LogP) is 4.67. The molecule has 0 amide bonds. The molecule has 0 N–H and O–H groups in total. The summed E-state index contributed by atoms with van der Waals surface area (Å²) in [6.45, 7) is 0. The first-order valence-corrected chi connectivity index (χ1v) is 6.17. The lowest BCUT2D eigenvalue weighted by atomic mass is 10.2. The van der Waals surface area contributed by atoms with E-state index < -0.39 is 4.92 Å². The minimum Gasteiger partial charge on any atom is -0.345 e. The number of hydrogen-bond donors (Lipinski definition) is 0. The van der Waals surface area contributed by atoms with Crippen molar-refractivity contribution in [2.24, 2.45) is 0 Å². The van der Waals surface area contributed by atoms with E-state index in [2.05, 4.69) is 0 Å². The van der Waals surface area contributed by atoms with E-state index in [0.29, 0.717) is 10.0 Å². The second-order valence-electron chi connectivity index (χ2n) is 3.96. The maximum absolute atomic E-state index is 10.6. The first kappa shape index (κ1) is 13.6. The number of nitrogens with zero attached hydrogens (tertiary/aromatic N) is 2. The van der Waals surface area contributed by atoms with Crippen LogP contribution in [0.4, 0.5) is 17.1 Å². The lowest BCUT2D eigenvalue weighted by molar-refractivity contribution is -0.384. The van der Waals surface area contributed by atoms with Crippen LogP contribution in [-0.4, -0.2) is 12.0 Å². The van der Waals surface area contributed by atoms with Gasteiger partial charge in [-0.05, 0) is 30.3 Å². The molecule has 98 valence electrons. The molecule has 0 heterocycles. The van der Waals surface area contributed by atoms with Crippen LogP contribution in [0.1, 0.15) is 0 Å². The summed E-state index contributed by atoms with van der Waals surface area (Å²) < 4.78 is 0. The van der Waals surface area contributed by atoms with E-state index in [1.807, 2.05) is 11.9 Å². The standard InChI is InChI=1S/C13H10Cl2N2O2/c1-16(13-7-9(14)6-10(15)8-13)11-2-4-12(5-3-11)17(18)19/h2-8H,1H3. The maximum Gasteiger partial charge on any atom is 0.269 e. The Labute approximate surface area is 120 Å². The van der Waals surface area contributed by atoms with Crippen molar-refractivity contribution in [2.45, 2.75) is 0 Å². The van der Waals surface area contributed by atoms with Crippen LogP contribution in [0.2, 0.25) is 10.0 Å². The average molecular weight is 297 g/mol. The van der Waals surface area contributed by atoms with Gasteiger partial charge in [-0.1, -0.05) is 23.2 Å². The minimum absolute atomic E-state index is 0.0567. The van der Waals surface area contributed by atoms with E-state index in [9.17, 15) is 10.1 Å². The highest BCUT2D eigenvalue weighted by molar-refractivity contribution is 6.35. The molecule has 2 aromatic rings. The Balaban J connectivity index is 2.32. The molecule has 2 rings (SSSR count). The zero-order chi connectivity index (χ0) is 14.0. The van der Waals surface area contributed by atoms with E-state index in [4.69, 9.17) is 23.2 Å². The van der Waals surface area contributed by atoms with E-state index in [1.54, 1.807) is 30.3 Å². The number of benzene rings is 2. The zero-order valence-electron chi connectivity index (χ0n) is 10.0. The number of non-ortho nitro benzene ring substituents is 1. The molecule has 0 aliphatic heterocycles. The molecule has 0 aliphatic rings. The van der Waals surface area contributed by atoms with E-state index >= 15 is 0 Å². The molecule has 0 fully saturated rings. The Hall–Kier alpha value is -1.78. The first-order valence-electron chi connectivity index (χ1n) is 5.41. The van der Waals surface area contributed by atoms with Crippen LogP contribution in [0.25, 0.3) is 0 Å². The van der Waals surface area contributed by atoms with Gasteiger partial charge in [-0.15, -0.1) is 0 Å². The highest BCUT2D eigenvalue weighted by atomic mass is 35.5. The maximum atomic E-state index is 10.6. The third-order valence-corrected chi connectivity index (χ3v) is 3.12. The molecule has 0 unspecified atom stereocenters. The summed E-state index contributed by atoms with van der Waals surface area (Å²) in [5, 5.41) is 11.7. The Morgan fingerprint density at radius 3 is 2.00 bits per heavy atom. The van der Waals surface area contributed by atoms with Gasteiger partial charge in [0.15, 0.2) is 0 Å². The van der Waals surface area contributed by atoms with Crippen molar-refractivity contribution in [3.63, 3.8) is 0 Å². The van der Waals surface area contributed by atoms with Crippen LogP contribution in [0.15, 0.2) is 42.5 Å². The van der Waals surface area contributed by atoms with Crippen LogP contribution in [0, 0.1) is 10.1 Å². The Morgan fingerprint density at radius 2 is 1.53 bits per heavy atom. The van der Waals surface area contributed by atoms with Gasteiger partial charge in [-0.3, -0.25) is 10.1 Å². The van der Waals surface area contributed by atoms with Crippen molar-refractivity contribution < 1.29 is 4.92 Å². The quantitative estimate of drug-likeness (QED) is 0.611. The highest BCUT2D eigenvalue weighted by Crippen LogP contribution is 2.30. The van der Waals surface area contributed by atoms with Gasteiger partial charge in [0.25, 0.3) is 5.69 Å². The molecular formula is C13H10Cl2N2O2. The lowest BCUT2D eigenvalue weighted by Gasteiger charge is -2.19. The van der Waals surface area contributed by atoms with Crippen LogP contribution < -0.4 is 4.90 Å². The van der Waals surface area contributed by atoms with Crippen molar-refractivity contribution in [3.05, 3.63) is 62.6 Å². The van der Waals surface area contributed by atoms with E-state index in [1.165, 1.54) is 12.1 Å². The van der Waals surface area contributed by atoms with Crippen LogP contribution >= 0.6 is 23.2 Å². The molecule has 0 spiro atoms. The Bertz CT molecular complexity index is 594. The Kier molecular flexibility index (Phi) is 3.93.